The molecule has 1 aromatic rings. The van der Waals surface area contributed by atoms with Crippen molar-refractivity contribution in [3.63, 3.8) is 0 Å². The van der Waals surface area contributed by atoms with Crippen molar-refractivity contribution in [1.82, 2.24) is 5.32 Å². The van der Waals surface area contributed by atoms with Gasteiger partial charge >= 0.3 is 0 Å². The molecular formula is C15H18N2O5S. The first-order valence-electron chi connectivity index (χ1n) is 6.87. The zero-order valence-corrected chi connectivity index (χ0v) is 13.9. The van der Waals surface area contributed by atoms with E-state index in [1.54, 1.807) is 33.4 Å². The third-order valence-corrected chi connectivity index (χ3v) is 3.86. The van der Waals surface area contributed by atoms with Gasteiger partial charge in [0.25, 0.3) is 5.69 Å². The Kier molecular flexibility index (Phi) is 5.30. The van der Waals surface area contributed by atoms with Crippen molar-refractivity contribution in [2.75, 3.05) is 34.5 Å². The van der Waals surface area contributed by atoms with Crippen LogP contribution in [-0.2, 0) is 9.47 Å². The molecule has 0 atom stereocenters. The summed E-state index contributed by atoms with van der Waals surface area (Å²) < 4.78 is 16.5. The zero-order chi connectivity index (χ0) is 17.0. The molecule has 8 heteroatoms. The maximum Gasteiger partial charge on any atom is 0.270 e. The first-order chi connectivity index (χ1) is 11.0. The van der Waals surface area contributed by atoms with E-state index in [0.717, 1.165) is 0 Å². The Balaban J connectivity index is 2.59. The fourth-order valence-electron chi connectivity index (χ4n) is 2.52. The number of methoxy groups -OCH3 is 2. The van der Waals surface area contributed by atoms with Crippen LogP contribution in [-0.4, -0.2) is 50.0 Å². The van der Waals surface area contributed by atoms with Crippen molar-refractivity contribution in [3.05, 3.63) is 40.0 Å². The second-order valence-electron chi connectivity index (χ2n) is 5.11. The number of fused-ring (bicyclic) bond motifs is 1. The van der Waals surface area contributed by atoms with Gasteiger partial charge in [-0.25, -0.2) is 0 Å². The third-order valence-electron chi connectivity index (χ3n) is 3.43. The number of non-ortho nitro benzene ring substituents is 1. The number of nitrogens with one attached hydrogen (secondary N) is 1. The van der Waals surface area contributed by atoms with Crippen LogP contribution in [0.5, 0.6) is 5.75 Å². The topological polar surface area (TPSA) is 82.9 Å². The lowest BCUT2D eigenvalue weighted by atomic mass is 9.92. The van der Waals surface area contributed by atoms with Crippen molar-refractivity contribution in [2.24, 2.45) is 0 Å². The molecule has 0 bridgehead atoms. The van der Waals surface area contributed by atoms with Crippen LogP contribution < -0.4 is 10.1 Å². The van der Waals surface area contributed by atoms with E-state index >= 15 is 0 Å². The standard InChI is InChI=1S/C15H18N2O5S/c1-16-14(23)12-7-15(8-20-2,9-21-3)22-13-5-4-10(17(18)19)6-11(12)13/h4-7H,8-9H2,1-3H3,(H,16,23). The minimum Gasteiger partial charge on any atom is -0.478 e. The van der Waals surface area contributed by atoms with Crippen LogP contribution in [0.4, 0.5) is 5.69 Å². The van der Waals surface area contributed by atoms with Crippen LogP contribution in [0.15, 0.2) is 24.3 Å². The minimum atomic E-state index is -0.844. The summed E-state index contributed by atoms with van der Waals surface area (Å²) in [5, 5.41) is 13.9. The van der Waals surface area contributed by atoms with E-state index in [1.165, 1.54) is 12.1 Å². The number of nitro groups is 1. The van der Waals surface area contributed by atoms with E-state index in [2.05, 4.69) is 5.32 Å². The summed E-state index contributed by atoms with van der Waals surface area (Å²) in [6.07, 6.45) is 1.80. The summed E-state index contributed by atoms with van der Waals surface area (Å²) in [5.74, 6) is 0.500. The number of hydrogen-bond acceptors (Lipinski definition) is 6. The van der Waals surface area contributed by atoms with E-state index < -0.39 is 10.5 Å². The van der Waals surface area contributed by atoms with Crippen LogP contribution in [0, 0.1) is 10.1 Å². The molecule has 1 aliphatic heterocycles. The fraction of sp³-hybridized carbons (Fsp3) is 0.400. The van der Waals surface area contributed by atoms with Gasteiger partial charge in [-0.2, -0.15) is 0 Å². The van der Waals surface area contributed by atoms with E-state index in [0.29, 0.717) is 21.9 Å². The summed E-state index contributed by atoms with van der Waals surface area (Å²) in [6, 6.07) is 4.42. The number of ether oxygens (including phenoxy) is 3. The SMILES string of the molecule is CNC(=S)C1=CC(COC)(COC)Oc2ccc([N+](=O)[O-])cc21. The average Bonchev–Trinajstić information content (AvgIpc) is 2.53. The van der Waals surface area contributed by atoms with Gasteiger partial charge in [0.2, 0.25) is 0 Å². The third kappa shape index (κ3) is 3.49. The Labute approximate surface area is 139 Å². The molecule has 0 spiro atoms. The van der Waals surface area contributed by atoms with Crippen molar-refractivity contribution >= 4 is 28.5 Å². The second-order valence-corrected chi connectivity index (χ2v) is 5.52. The van der Waals surface area contributed by atoms with Gasteiger partial charge in [-0.15, -0.1) is 0 Å². The van der Waals surface area contributed by atoms with Crippen molar-refractivity contribution < 1.29 is 19.1 Å². The predicted octanol–water partition coefficient (Wildman–Crippen LogP) is 1.95. The van der Waals surface area contributed by atoms with Gasteiger partial charge in [0.15, 0.2) is 5.60 Å². The first kappa shape index (κ1) is 17.3. The summed E-state index contributed by atoms with van der Waals surface area (Å²) in [4.78, 5) is 11.0. The molecule has 1 N–H and O–H groups in total. The Morgan fingerprint density at radius 3 is 2.57 bits per heavy atom. The van der Waals surface area contributed by atoms with Gasteiger partial charge in [0.1, 0.15) is 10.7 Å². The maximum atomic E-state index is 11.0. The largest absolute Gasteiger partial charge is 0.478 e. The Morgan fingerprint density at radius 2 is 2.04 bits per heavy atom. The van der Waals surface area contributed by atoms with E-state index in [1.807, 2.05) is 0 Å². The zero-order valence-electron chi connectivity index (χ0n) is 13.1. The van der Waals surface area contributed by atoms with Gasteiger partial charge < -0.3 is 19.5 Å². The molecule has 0 radical (unpaired) electrons. The Hall–Kier alpha value is -2.03. The van der Waals surface area contributed by atoms with E-state index in [9.17, 15) is 10.1 Å². The highest BCUT2D eigenvalue weighted by molar-refractivity contribution is 7.81. The molecule has 1 aliphatic rings. The molecule has 0 amide bonds. The predicted molar refractivity (Wildman–Crippen MR) is 89.8 cm³/mol. The van der Waals surface area contributed by atoms with Crippen LogP contribution >= 0.6 is 12.2 Å². The molecule has 0 aliphatic carbocycles. The highest BCUT2D eigenvalue weighted by Gasteiger charge is 2.37. The number of likely N-dealkylation sites (N-methyl/N-ethyl adjacent to an activating group) is 1. The molecule has 0 fully saturated rings. The highest BCUT2D eigenvalue weighted by atomic mass is 32.1. The Bertz CT molecular complexity index is 653. The van der Waals surface area contributed by atoms with Crippen molar-refractivity contribution in [3.8, 4) is 5.75 Å². The molecule has 7 nitrogen and oxygen atoms in total. The van der Waals surface area contributed by atoms with Crippen LogP contribution in [0.3, 0.4) is 0 Å². The number of hydrogen-bond donors (Lipinski definition) is 1. The summed E-state index contributed by atoms with van der Waals surface area (Å²) in [5.41, 5.74) is 0.356. The molecular weight excluding hydrogens is 320 g/mol. The molecule has 124 valence electrons. The van der Waals surface area contributed by atoms with Gasteiger partial charge in [0.05, 0.1) is 18.1 Å². The van der Waals surface area contributed by atoms with Gasteiger partial charge in [0, 0.05) is 44.5 Å². The number of rotatable bonds is 6. The van der Waals surface area contributed by atoms with Gasteiger partial charge in [-0.05, 0) is 12.1 Å². The van der Waals surface area contributed by atoms with Crippen molar-refractivity contribution in [2.45, 2.75) is 5.60 Å². The maximum absolute atomic E-state index is 11.0. The lowest BCUT2D eigenvalue weighted by Gasteiger charge is -2.36. The van der Waals surface area contributed by atoms with Gasteiger partial charge in [-0.1, -0.05) is 12.2 Å². The Morgan fingerprint density at radius 1 is 1.39 bits per heavy atom. The number of benzene rings is 1. The van der Waals surface area contributed by atoms with Crippen LogP contribution in [0.25, 0.3) is 5.57 Å². The summed E-state index contributed by atoms with van der Waals surface area (Å²) in [7, 11) is 4.83. The quantitative estimate of drug-likeness (QED) is 0.482. The van der Waals surface area contributed by atoms with Crippen molar-refractivity contribution in [1.29, 1.82) is 0 Å². The summed E-state index contributed by atoms with van der Waals surface area (Å²) in [6.45, 7) is 0.514. The lowest BCUT2D eigenvalue weighted by molar-refractivity contribution is -0.384. The molecule has 0 unspecified atom stereocenters. The van der Waals surface area contributed by atoms with E-state index in [-0.39, 0.29) is 18.9 Å². The molecule has 1 aromatic carbocycles. The average molecular weight is 338 g/mol. The lowest BCUT2D eigenvalue weighted by Crippen LogP contribution is -2.46. The smallest absolute Gasteiger partial charge is 0.270 e. The second kappa shape index (κ2) is 7.03. The molecule has 23 heavy (non-hydrogen) atoms. The molecule has 1 heterocycles. The van der Waals surface area contributed by atoms with E-state index in [4.69, 9.17) is 26.4 Å². The first-order valence-corrected chi connectivity index (χ1v) is 7.28. The van der Waals surface area contributed by atoms with Crippen LogP contribution in [0.1, 0.15) is 5.56 Å². The molecule has 0 aromatic heterocycles. The monoisotopic (exact) mass is 338 g/mol. The number of nitro benzene ring substituents is 1. The minimum absolute atomic E-state index is 0.0249. The summed E-state index contributed by atoms with van der Waals surface area (Å²) >= 11 is 5.34. The number of nitrogens with zero attached hydrogens (tertiary/aromatic N) is 1. The van der Waals surface area contributed by atoms with Crippen LogP contribution in [0.2, 0.25) is 0 Å². The highest BCUT2D eigenvalue weighted by Crippen LogP contribution is 2.39. The number of thiocarbonyl (C=S) groups is 1. The molecule has 0 saturated carbocycles. The fourth-order valence-corrected chi connectivity index (χ4v) is 2.68. The van der Waals surface area contributed by atoms with Gasteiger partial charge in [-0.3, -0.25) is 10.1 Å². The normalized spacial score (nSPS) is 15.2. The molecule has 0 saturated heterocycles. The molecule has 2 rings (SSSR count).